The Balaban J connectivity index is -0.0000000277. The summed E-state index contributed by atoms with van der Waals surface area (Å²) in [5.74, 6) is 0. The molecule has 0 aromatic carbocycles. The molecule has 0 aromatic rings. The maximum atomic E-state index is 8.52. The van der Waals surface area contributed by atoms with Crippen LogP contribution in [0.2, 0.25) is 0 Å². The van der Waals surface area contributed by atoms with Crippen molar-refractivity contribution < 1.29 is 58.0 Å². The molecule has 13 nitrogen and oxygen atoms in total. The molecule has 0 rings (SSSR count). The third-order valence-corrected chi connectivity index (χ3v) is 0. The van der Waals surface area contributed by atoms with Gasteiger partial charge < -0.3 is 32.8 Å². The van der Waals surface area contributed by atoms with Gasteiger partial charge >= 0.3 is 0 Å². The fourth-order valence-corrected chi connectivity index (χ4v) is 0. The van der Waals surface area contributed by atoms with Crippen LogP contribution in [0.15, 0.2) is 0 Å². The predicted molar refractivity (Wildman–Crippen MR) is 46.5 cm³/mol. The molecule has 0 aliphatic carbocycles. The molecule has 18 heteroatoms. The summed E-state index contributed by atoms with van der Waals surface area (Å²) in [6, 6.07) is 0. The van der Waals surface area contributed by atoms with Crippen molar-refractivity contribution in [1.29, 1.82) is 0 Å². The Morgan fingerprint density at radius 2 is 0.444 bits per heavy atom. The van der Waals surface area contributed by atoms with Crippen molar-refractivity contribution in [2.75, 3.05) is 0 Å². The van der Waals surface area contributed by atoms with Crippen LogP contribution in [0.4, 0.5) is 0 Å². The van der Waals surface area contributed by atoms with Gasteiger partial charge in [0.1, 0.15) is 0 Å². The van der Waals surface area contributed by atoms with Gasteiger partial charge in [-0.2, -0.15) is 0 Å². The first-order chi connectivity index (χ1) is 6.00. The monoisotopic (exact) mass is 444 g/mol. The summed E-state index contributed by atoms with van der Waals surface area (Å²) in [5, 5.41) is 0. The summed E-state index contributed by atoms with van der Waals surface area (Å²) >= 11 is 0. The van der Waals surface area contributed by atoms with Gasteiger partial charge in [-0.05, 0) is 0 Å². The summed E-state index contributed by atoms with van der Waals surface area (Å²) in [4.78, 5) is 0. The molecule has 0 aliphatic rings. The van der Waals surface area contributed by atoms with Crippen molar-refractivity contribution in [3.63, 3.8) is 0 Å². The summed E-state index contributed by atoms with van der Waals surface area (Å²) in [7, 11) is -15.5. The first-order valence-corrected chi connectivity index (χ1v) is 6.00. The van der Waals surface area contributed by atoms with Crippen LogP contribution in [0.5, 0.6) is 0 Å². The standard InChI is InChI=1S/2Ga.3H2O4S.H2O/c;;3*1-5(2,3)4;/h;;3*(H2,1,2,3,4);1H2/p-6. The van der Waals surface area contributed by atoms with Gasteiger partial charge in [0.05, 0.1) is 0 Å². The first kappa shape index (κ1) is 36.4. The van der Waals surface area contributed by atoms with Crippen LogP contribution in [0.3, 0.4) is 0 Å². The summed E-state index contributed by atoms with van der Waals surface area (Å²) in [6.07, 6.45) is 0. The Morgan fingerprint density at radius 3 is 0.444 bits per heavy atom. The van der Waals surface area contributed by atoms with Gasteiger partial charge in [-0.15, -0.1) is 0 Å². The average molecular weight is 446 g/mol. The molecule has 0 spiro atoms. The Hall–Kier alpha value is 0.843. The molecular formula is H2Ga2O13S3-6. The zero-order valence-electron chi connectivity index (χ0n) is 7.78. The minimum Gasteiger partial charge on any atom is -0.759 e. The van der Waals surface area contributed by atoms with E-state index in [-0.39, 0.29) is 45.1 Å². The normalized spacial score (nSPS) is 9.67. The minimum atomic E-state index is -5.17. The van der Waals surface area contributed by atoms with Crippen molar-refractivity contribution in [3.05, 3.63) is 0 Å². The quantitative estimate of drug-likeness (QED) is 0.191. The van der Waals surface area contributed by atoms with Crippen molar-refractivity contribution in [2.45, 2.75) is 0 Å². The largest absolute Gasteiger partial charge is 0.759 e. The summed E-state index contributed by atoms with van der Waals surface area (Å²) in [5.41, 5.74) is 0. The van der Waals surface area contributed by atoms with Gasteiger partial charge in [0.2, 0.25) is 0 Å². The van der Waals surface area contributed by atoms with E-state index in [0.717, 1.165) is 0 Å². The van der Waals surface area contributed by atoms with Gasteiger partial charge in [0.25, 0.3) is 0 Å². The third kappa shape index (κ3) is 5950. The second-order valence-corrected chi connectivity index (χ2v) is 3.67. The third-order valence-electron chi connectivity index (χ3n) is 0. The van der Waals surface area contributed by atoms with Crippen molar-refractivity contribution >= 4 is 70.8 Å². The van der Waals surface area contributed by atoms with Crippen LogP contribution in [-0.4, -0.2) is 97.6 Å². The van der Waals surface area contributed by atoms with Crippen LogP contribution in [0, 0.1) is 0 Å². The Labute approximate surface area is 128 Å². The van der Waals surface area contributed by atoms with E-state index in [9.17, 15) is 0 Å². The molecule has 0 saturated carbocycles. The number of hydrogen-bond donors (Lipinski definition) is 0. The zero-order valence-corrected chi connectivity index (χ0v) is 15.1. The van der Waals surface area contributed by atoms with E-state index in [2.05, 4.69) is 0 Å². The molecule has 2 N–H and O–H groups in total. The van der Waals surface area contributed by atoms with E-state index in [0.29, 0.717) is 0 Å². The second kappa shape index (κ2) is 14.3. The van der Waals surface area contributed by atoms with E-state index >= 15 is 0 Å². The van der Waals surface area contributed by atoms with Gasteiger partial charge in [0.15, 0.2) is 0 Å². The smallest absolute Gasteiger partial charge is 0.0311 e. The maximum absolute atomic E-state index is 8.52. The second-order valence-electron chi connectivity index (χ2n) is 1.22. The molecule has 18 heavy (non-hydrogen) atoms. The number of rotatable bonds is 0. The van der Waals surface area contributed by atoms with Gasteiger partial charge in [-0.1, -0.05) is 0 Å². The maximum Gasteiger partial charge on any atom is 0.0311 e. The Kier molecular flexibility index (Phi) is 28.8. The van der Waals surface area contributed by atoms with Crippen molar-refractivity contribution in [3.8, 4) is 0 Å². The van der Waals surface area contributed by atoms with Crippen molar-refractivity contribution in [1.82, 2.24) is 0 Å². The fourth-order valence-electron chi connectivity index (χ4n) is 0. The average Bonchev–Trinajstić information content (AvgIpc) is 1.41. The predicted octanol–water partition coefficient (Wildman–Crippen LogP) is -5.60. The zero-order chi connectivity index (χ0) is 13.5. The molecule has 0 saturated heterocycles. The molecule has 0 unspecified atom stereocenters. The molecule has 0 atom stereocenters. The molecule has 0 heterocycles. The van der Waals surface area contributed by atoms with Gasteiger partial charge in [-0.3, -0.25) is 25.3 Å². The molecule has 0 fully saturated rings. The topological polar surface area (TPSA) is 272 Å². The molecule has 6 radical (unpaired) electrons. The van der Waals surface area contributed by atoms with E-state index in [1.807, 2.05) is 0 Å². The van der Waals surface area contributed by atoms with Crippen molar-refractivity contribution in [2.24, 2.45) is 0 Å². The van der Waals surface area contributed by atoms with Crippen LogP contribution >= 0.6 is 0 Å². The SMILES string of the molecule is O.O=S(=O)([O-])[O-].O=S(=O)([O-])[O-].O=S(=O)([O-])[O-].[Ga].[Ga]. The van der Waals surface area contributed by atoms with E-state index in [1.165, 1.54) is 0 Å². The molecule has 0 amide bonds. The molecular weight excluding hydrogens is 444 g/mol. The van der Waals surface area contributed by atoms with Gasteiger partial charge in [-0.25, -0.2) is 0 Å². The van der Waals surface area contributed by atoms with Gasteiger partial charge in [0, 0.05) is 70.8 Å². The fraction of sp³-hybridized carbons (Fsp3) is 0. The van der Waals surface area contributed by atoms with E-state index < -0.39 is 31.2 Å². The van der Waals surface area contributed by atoms with Crippen LogP contribution in [-0.2, 0) is 31.2 Å². The summed E-state index contributed by atoms with van der Waals surface area (Å²) in [6.45, 7) is 0. The van der Waals surface area contributed by atoms with Crippen LogP contribution in [0.25, 0.3) is 0 Å². The first-order valence-electron chi connectivity index (χ1n) is 2.00. The Morgan fingerprint density at radius 1 is 0.444 bits per heavy atom. The summed E-state index contributed by atoms with van der Waals surface area (Å²) < 4.78 is 102. The molecule has 0 bridgehead atoms. The minimum absolute atomic E-state index is 0. The van der Waals surface area contributed by atoms with Crippen LogP contribution in [0.1, 0.15) is 0 Å². The van der Waals surface area contributed by atoms with E-state index in [1.54, 1.807) is 0 Å². The molecule has 0 aliphatic heterocycles. The van der Waals surface area contributed by atoms with Crippen LogP contribution < -0.4 is 0 Å². The molecule has 110 valence electrons. The Bertz CT molecular complexity index is 341. The molecule has 0 aromatic heterocycles. The number of hydrogen-bond acceptors (Lipinski definition) is 12. The van der Waals surface area contributed by atoms with E-state index in [4.69, 9.17) is 52.6 Å².